The fraction of sp³-hybridized carbons (Fsp3) is 0.100. The summed E-state index contributed by atoms with van der Waals surface area (Å²) < 4.78 is 0. The van der Waals surface area contributed by atoms with E-state index in [0.717, 1.165) is 0 Å². The van der Waals surface area contributed by atoms with Crippen LogP contribution in [0.4, 0.5) is 5.69 Å². The quantitative estimate of drug-likeness (QED) is 0.748. The molecule has 3 N–H and O–H groups in total. The topological polar surface area (TPSA) is 55.1 Å². The summed E-state index contributed by atoms with van der Waals surface area (Å²) in [6.07, 6.45) is 2.95. The highest BCUT2D eigenvalue weighted by molar-refractivity contribution is 6.33. The Hall–Kier alpha value is -1.32. The van der Waals surface area contributed by atoms with Crippen molar-refractivity contribution in [2.45, 2.75) is 0 Å². The first kappa shape index (κ1) is 10.8. The molecule has 1 aromatic rings. The minimum Gasteiger partial charge on any atom is -0.327 e. The van der Waals surface area contributed by atoms with E-state index in [1.165, 1.54) is 6.08 Å². The zero-order valence-corrected chi connectivity index (χ0v) is 8.29. The van der Waals surface area contributed by atoms with Crippen molar-refractivity contribution in [3.05, 3.63) is 41.4 Å². The van der Waals surface area contributed by atoms with Crippen molar-refractivity contribution in [3.8, 4) is 0 Å². The van der Waals surface area contributed by atoms with Gasteiger partial charge in [-0.15, -0.1) is 0 Å². The van der Waals surface area contributed by atoms with Gasteiger partial charge in [-0.2, -0.15) is 0 Å². The van der Waals surface area contributed by atoms with Gasteiger partial charge in [-0.3, -0.25) is 4.79 Å². The van der Waals surface area contributed by atoms with Gasteiger partial charge in [0, 0.05) is 12.6 Å². The van der Waals surface area contributed by atoms with Gasteiger partial charge < -0.3 is 11.1 Å². The second kappa shape index (κ2) is 5.42. The van der Waals surface area contributed by atoms with E-state index in [4.69, 9.17) is 17.3 Å². The van der Waals surface area contributed by atoms with Gasteiger partial charge in [-0.25, -0.2) is 0 Å². The third-order valence-corrected chi connectivity index (χ3v) is 1.87. The molecule has 0 bridgehead atoms. The fourth-order valence-corrected chi connectivity index (χ4v) is 1.10. The number of para-hydroxylation sites is 1. The van der Waals surface area contributed by atoms with Crippen LogP contribution in [0.15, 0.2) is 36.4 Å². The van der Waals surface area contributed by atoms with Crippen LogP contribution in [0.25, 0.3) is 0 Å². The number of benzene rings is 1. The molecule has 3 nitrogen and oxygen atoms in total. The standard InChI is InChI=1S/C10H11ClN2O/c11-8-4-1-2-5-9(8)13-10(14)6-3-7-12/h1-6H,7,12H2,(H,13,14)/b6-3+. The van der Waals surface area contributed by atoms with Crippen molar-refractivity contribution in [1.29, 1.82) is 0 Å². The zero-order valence-electron chi connectivity index (χ0n) is 7.53. The Bertz CT molecular complexity index is 350. The van der Waals surface area contributed by atoms with Crippen molar-refractivity contribution in [1.82, 2.24) is 0 Å². The van der Waals surface area contributed by atoms with Crippen molar-refractivity contribution in [2.24, 2.45) is 5.73 Å². The van der Waals surface area contributed by atoms with Crippen LogP contribution in [0.1, 0.15) is 0 Å². The van der Waals surface area contributed by atoms with Crippen LogP contribution in [-0.4, -0.2) is 12.5 Å². The first-order chi connectivity index (χ1) is 6.74. The molecule has 4 heteroatoms. The Kier molecular flexibility index (Phi) is 4.16. The van der Waals surface area contributed by atoms with Crippen molar-refractivity contribution >= 4 is 23.2 Å². The van der Waals surface area contributed by atoms with E-state index in [9.17, 15) is 4.79 Å². The Balaban J connectivity index is 2.65. The van der Waals surface area contributed by atoms with E-state index >= 15 is 0 Å². The molecule has 0 aliphatic heterocycles. The Morgan fingerprint density at radius 3 is 2.86 bits per heavy atom. The van der Waals surface area contributed by atoms with Crippen LogP contribution in [0.2, 0.25) is 5.02 Å². The Labute approximate surface area is 87.6 Å². The van der Waals surface area contributed by atoms with Crippen LogP contribution >= 0.6 is 11.6 Å². The normalized spacial score (nSPS) is 10.4. The number of rotatable bonds is 3. The summed E-state index contributed by atoms with van der Waals surface area (Å²) in [7, 11) is 0. The molecule has 0 aliphatic rings. The van der Waals surface area contributed by atoms with E-state index in [1.54, 1.807) is 30.3 Å². The molecule has 0 atom stereocenters. The first-order valence-electron chi connectivity index (χ1n) is 4.16. The fourth-order valence-electron chi connectivity index (χ4n) is 0.912. The summed E-state index contributed by atoms with van der Waals surface area (Å²) in [4.78, 5) is 11.2. The number of carbonyl (C=O) groups is 1. The Morgan fingerprint density at radius 1 is 1.50 bits per heavy atom. The van der Waals surface area contributed by atoms with Crippen LogP contribution in [0.3, 0.4) is 0 Å². The SMILES string of the molecule is NC/C=C/C(=O)Nc1ccccc1Cl. The van der Waals surface area contributed by atoms with E-state index in [2.05, 4.69) is 5.32 Å². The zero-order chi connectivity index (χ0) is 10.4. The lowest BCUT2D eigenvalue weighted by atomic mass is 10.3. The number of amides is 1. The van der Waals surface area contributed by atoms with Gasteiger partial charge in [-0.05, 0) is 12.1 Å². The number of anilines is 1. The van der Waals surface area contributed by atoms with Gasteiger partial charge >= 0.3 is 0 Å². The third kappa shape index (κ3) is 3.20. The highest BCUT2D eigenvalue weighted by Gasteiger charge is 2.00. The van der Waals surface area contributed by atoms with Crippen molar-refractivity contribution < 1.29 is 4.79 Å². The molecule has 1 aromatic carbocycles. The molecule has 74 valence electrons. The summed E-state index contributed by atoms with van der Waals surface area (Å²) in [5.41, 5.74) is 5.81. The molecular weight excluding hydrogens is 200 g/mol. The molecule has 0 spiro atoms. The second-order valence-electron chi connectivity index (χ2n) is 2.61. The maximum absolute atomic E-state index is 11.2. The lowest BCUT2D eigenvalue weighted by Crippen LogP contribution is -2.09. The smallest absolute Gasteiger partial charge is 0.248 e. The molecule has 14 heavy (non-hydrogen) atoms. The first-order valence-corrected chi connectivity index (χ1v) is 4.54. The maximum atomic E-state index is 11.2. The van der Waals surface area contributed by atoms with Crippen molar-refractivity contribution in [2.75, 3.05) is 11.9 Å². The monoisotopic (exact) mass is 210 g/mol. The largest absolute Gasteiger partial charge is 0.327 e. The molecule has 0 heterocycles. The average Bonchev–Trinajstić information content (AvgIpc) is 2.18. The summed E-state index contributed by atoms with van der Waals surface area (Å²) in [5.74, 6) is -0.233. The number of carbonyl (C=O) groups excluding carboxylic acids is 1. The van der Waals surface area contributed by atoms with Crippen LogP contribution in [0, 0.1) is 0 Å². The molecule has 0 saturated carbocycles. The molecule has 1 amide bonds. The van der Waals surface area contributed by atoms with Crippen LogP contribution < -0.4 is 11.1 Å². The summed E-state index contributed by atoms with van der Waals surface area (Å²) in [5, 5.41) is 3.15. The lowest BCUT2D eigenvalue weighted by Gasteiger charge is -2.03. The summed E-state index contributed by atoms with van der Waals surface area (Å²) in [6.45, 7) is 0.343. The molecule has 0 aliphatic carbocycles. The number of halogens is 1. The minimum atomic E-state index is -0.233. The lowest BCUT2D eigenvalue weighted by molar-refractivity contribution is -0.111. The summed E-state index contributed by atoms with van der Waals surface area (Å²) in [6, 6.07) is 7.04. The number of nitrogens with one attached hydrogen (secondary N) is 1. The predicted molar refractivity (Wildman–Crippen MR) is 58.3 cm³/mol. The predicted octanol–water partition coefficient (Wildman–Crippen LogP) is 1.79. The molecule has 1 rings (SSSR count). The number of hydrogen-bond donors (Lipinski definition) is 2. The molecule has 0 aromatic heterocycles. The molecule has 0 radical (unpaired) electrons. The van der Waals surface area contributed by atoms with Crippen LogP contribution in [-0.2, 0) is 4.79 Å². The number of hydrogen-bond acceptors (Lipinski definition) is 2. The van der Waals surface area contributed by atoms with Gasteiger partial charge in [0.1, 0.15) is 0 Å². The van der Waals surface area contributed by atoms with Gasteiger partial charge in [0.15, 0.2) is 0 Å². The van der Waals surface area contributed by atoms with E-state index in [-0.39, 0.29) is 5.91 Å². The van der Waals surface area contributed by atoms with Gasteiger partial charge in [0.05, 0.1) is 10.7 Å². The van der Waals surface area contributed by atoms with Gasteiger partial charge in [0.25, 0.3) is 0 Å². The Morgan fingerprint density at radius 2 is 2.21 bits per heavy atom. The third-order valence-electron chi connectivity index (χ3n) is 1.54. The molecular formula is C10H11ClN2O. The highest BCUT2D eigenvalue weighted by Crippen LogP contribution is 2.20. The average molecular weight is 211 g/mol. The van der Waals surface area contributed by atoms with E-state index in [1.807, 2.05) is 0 Å². The van der Waals surface area contributed by atoms with Gasteiger partial charge in [0.2, 0.25) is 5.91 Å². The van der Waals surface area contributed by atoms with Crippen molar-refractivity contribution in [3.63, 3.8) is 0 Å². The molecule has 0 fully saturated rings. The maximum Gasteiger partial charge on any atom is 0.248 e. The van der Waals surface area contributed by atoms with Gasteiger partial charge in [-0.1, -0.05) is 29.8 Å². The molecule has 0 saturated heterocycles. The minimum absolute atomic E-state index is 0.233. The second-order valence-corrected chi connectivity index (χ2v) is 3.01. The van der Waals surface area contributed by atoms with E-state index < -0.39 is 0 Å². The molecule has 0 unspecified atom stereocenters. The highest BCUT2D eigenvalue weighted by atomic mass is 35.5. The number of nitrogens with two attached hydrogens (primary N) is 1. The summed E-state index contributed by atoms with van der Waals surface area (Å²) >= 11 is 5.84. The van der Waals surface area contributed by atoms with Crippen LogP contribution in [0.5, 0.6) is 0 Å². The van der Waals surface area contributed by atoms with E-state index in [0.29, 0.717) is 17.3 Å².